The highest BCUT2D eigenvalue weighted by Crippen LogP contribution is 2.37. The van der Waals surface area contributed by atoms with Crippen molar-refractivity contribution in [3.8, 4) is 0 Å². The lowest BCUT2D eigenvalue weighted by Crippen LogP contribution is -2.31. The summed E-state index contributed by atoms with van der Waals surface area (Å²) in [6.45, 7) is -0.503. The summed E-state index contributed by atoms with van der Waals surface area (Å²) in [5.74, 6) is -2.01. The van der Waals surface area contributed by atoms with Crippen molar-refractivity contribution in [3.63, 3.8) is 0 Å². The first-order chi connectivity index (χ1) is 14.5. The molecule has 5 nitrogen and oxygen atoms in total. The monoisotopic (exact) mass is 437 g/mol. The number of rotatable bonds is 8. The van der Waals surface area contributed by atoms with Crippen LogP contribution in [0.4, 0.5) is 0 Å². The highest BCUT2D eigenvalue weighted by Gasteiger charge is 2.39. The SMILES string of the molecule is O=C(Sc1ccccc1)C(C(=O)Sc1ccccc1)[C@H](C[N+](=O)[O-])c1ccccc1. The molecule has 0 aliphatic carbocycles. The highest BCUT2D eigenvalue weighted by atomic mass is 32.2. The third-order valence-electron chi connectivity index (χ3n) is 4.41. The Labute approximate surface area is 183 Å². The van der Waals surface area contributed by atoms with Gasteiger partial charge in [-0.2, -0.15) is 0 Å². The maximum absolute atomic E-state index is 13.2. The molecule has 0 saturated carbocycles. The summed E-state index contributed by atoms with van der Waals surface area (Å²) in [6.07, 6.45) is 0. The van der Waals surface area contributed by atoms with Gasteiger partial charge >= 0.3 is 0 Å². The van der Waals surface area contributed by atoms with Gasteiger partial charge in [0.25, 0.3) is 0 Å². The largest absolute Gasteiger partial charge is 0.286 e. The van der Waals surface area contributed by atoms with Gasteiger partial charge in [0.15, 0.2) is 0 Å². The third kappa shape index (κ3) is 6.05. The summed E-state index contributed by atoms with van der Waals surface area (Å²) >= 11 is 1.89. The minimum Gasteiger partial charge on any atom is -0.286 e. The second kappa shape index (κ2) is 10.8. The topological polar surface area (TPSA) is 77.3 Å². The lowest BCUT2D eigenvalue weighted by molar-refractivity contribution is -0.484. The van der Waals surface area contributed by atoms with Crippen LogP contribution in [-0.2, 0) is 9.59 Å². The van der Waals surface area contributed by atoms with Crippen LogP contribution in [0.25, 0.3) is 0 Å². The first kappa shape index (κ1) is 21.8. The first-order valence-electron chi connectivity index (χ1n) is 9.25. The molecule has 0 N–H and O–H groups in total. The molecule has 0 aliphatic rings. The fourth-order valence-electron chi connectivity index (χ4n) is 3.03. The van der Waals surface area contributed by atoms with Crippen LogP contribution in [0.3, 0.4) is 0 Å². The van der Waals surface area contributed by atoms with Crippen molar-refractivity contribution in [2.24, 2.45) is 5.92 Å². The molecule has 152 valence electrons. The zero-order valence-electron chi connectivity index (χ0n) is 15.9. The van der Waals surface area contributed by atoms with E-state index in [1.165, 1.54) is 0 Å². The van der Waals surface area contributed by atoms with E-state index < -0.39 is 33.5 Å². The normalized spacial score (nSPS) is 11.8. The van der Waals surface area contributed by atoms with Gasteiger partial charge in [0.05, 0.1) is 5.92 Å². The molecule has 0 amide bonds. The first-order valence-corrected chi connectivity index (χ1v) is 10.9. The van der Waals surface area contributed by atoms with Crippen molar-refractivity contribution < 1.29 is 14.5 Å². The minimum absolute atomic E-state index is 0.398. The van der Waals surface area contributed by atoms with Crippen molar-refractivity contribution in [2.75, 3.05) is 6.54 Å². The van der Waals surface area contributed by atoms with Gasteiger partial charge < -0.3 is 0 Å². The van der Waals surface area contributed by atoms with E-state index in [1.807, 2.05) is 12.1 Å². The van der Waals surface area contributed by atoms with Crippen molar-refractivity contribution in [3.05, 3.63) is 107 Å². The molecule has 3 aromatic rings. The smallest absolute Gasteiger partial charge is 0.211 e. The number of hydrogen-bond acceptors (Lipinski definition) is 6. The van der Waals surface area contributed by atoms with Crippen LogP contribution in [0.15, 0.2) is 101 Å². The van der Waals surface area contributed by atoms with Crippen LogP contribution >= 0.6 is 23.5 Å². The predicted octanol–water partition coefficient (Wildman–Crippen LogP) is 5.30. The average molecular weight is 438 g/mol. The summed E-state index contributed by atoms with van der Waals surface area (Å²) in [7, 11) is 0. The van der Waals surface area contributed by atoms with Crippen LogP contribution in [0.1, 0.15) is 11.5 Å². The molecule has 0 radical (unpaired) electrons. The Morgan fingerprint density at radius 1 is 0.733 bits per heavy atom. The molecular formula is C23H19NO4S2. The summed E-state index contributed by atoms with van der Waals surface area (Å²) in [4.78, 5) is 38.8. The van der Waals surface area contributed by atoms with Gasteiger partial charge in [0.1, 0.15) is 5.92 Å². The average Bonchev–Trinajstić information content (AvgIpc) is 2.75. The second-order valence-electron chi connectivity index (χ2n) is 6.48. The molecule has 3 aromatic carbocycles. The van der Waals surface area contributed by atoms with Crippen LogP contribution < -0.4 is 0 Å². The zero-order chi connectivity index (χ0) is 21.3. The lowest BCUT2D eigenvalue weighted by atomic mass is 9.87. The van der Waals surface area contributed by atoms with Gasteiger partial charge in [-0.1, -0.05) is 90.3 Å². The Balaban J connectivity index is 1.96. The number of carbonyl (C=O) groups is 2. The van der Waals surface area contributed by atoms with Gasteiger partial charge in [-0.15, -0.1) is 0 Å². The summed E-state index contributed by atoms with van der Waals surface area (Å²) in [5, 5.41) is 10.6. The van der Waals surface area contributed by atoms with E-state index >= 15 is 0 Å². The molecule has 0 fully saturated rings. The third-order valence-corrected chi connectivity index (χ3v) is 6.33. The molecule has 0 aromatic heterocycles. The Morgan fingerprint density at radius 3 is 1.53 bits per heavy atom. The fourth-order valence-corrected chi connectivity index (χ4v) is 4.95. The maximum atomic E-state index is 13.2. The molecule has 3 rings (SSSR count). The zero-order valence-corrected chi connectivity index (χ0v) is 17.6. The second-order valence-corrected chi connectivity index (χ2v) is 8.63. The molecule has 0 aliphatic heterocycles. The molecule has 1 atom stereocenters. The van der Waals surface area contributed by atoms with Crippen molar-refractivity contribution in [1.29, 1.82) is 0 Å². The number of carbonyl (C=O) groups excluding carboxylic acids is 2. The Morgan fingerprint density at radius 2 is 1.13 bits per heavy atom. The summed E-state index contributed by atoms with van der Waals surface area (Å²) in [5.41, 5.74) is 0.600. The molecule has 0 unspecified atom stereocenters. The van der Waals surface area contributed by atoms with Crippen LogP contribution in [-0.4, -0.2) is 21.7 Å². The Bertz CT molecular complexity index is 944. The number of nitrogens with zero attached hydrogens (tertiary/aromatic N) is 1. The van der Waals surface area contributed by atoms with Crippen LogP contribution in [0.5, 0.6) is 0 Å². The fraction of sp³-hybridized carbons (Fsp3) is 0.130. The minimum atomic E-state index is -1.16. The Kier molecular flexibility index (Phi) is 7.82. The van der Waals surface area contributed by atoms with Crippen molar-refractivity contribution in [2.45, 2.75) is 15.7 Å². The van der Waals surface area contributed by atoms with E-state index in [4.69, 9.17) is 0 Å². The molecule has 0 bridgehead atoms. The molecule has 0 saturated heterocycles. The molecular weight excluding hydrogens is 418 g/mol. The molecule has 0 spiro atoms. The van der Waals surface area contributed by atoms with Crippen LogP contribution in [0.2, 0.25) is 0 Å². The predicted molar refractivity (Wildman–Crippen MR) is 119 cm³/mol. The van der Waals surface area contributed by atoms with E-state index in [0.717, 1.165) is 23.5 Å². The quantitative estimate of drug-likeness (QED) is 0.206. The summed E-state index contributed by atoms with van der Waals surface area (Å²) < 4.78 is 0. The van der Waals surface area contributed by atoms with Gasteiger partial charge in [-0.05, 0) is 29.8 Å². The number of nitro groups is 1. The highest BCUT2D eigenvalue weighted by molar-refractivity contribution is 8.15. The van der Waals surface area contributed by atoms with Gasteiger partial charge in [0, 0.05) is 14.7 Å². The van der Waals surface area contributed by atoms with E-state index in [-0.39, 0.29) is 0 Å². The lowest BCUT2D eigenvalue weighted by Gasteiger charge is -2.22. The van der Waals surface area contributed by atoms with E-state index in [2.05, 4.69) is 0 Å². The summed E-state index contributed by atoms with van der Waals surface area (Å²) in [6, 6.07) is 26.7. The van der Waals surface area contributed by atoms with Crippen molar-refractivity contribution in [1.82, 2.24) is 0 Å². The van der Waals surface area contributed by atoms with Gasteiger partial charge in [-0.25, -0.2) is 0 Å². The maximum Gasteiger partial charge on any atom is 0.211 e. The molecule has 30 heavy (non-hydrogen) atoms. The number of thioether (sulfide) groups is 2. The number of hydrogen-bond donors (Lipinski definition) is 0. The number of benzene rings is 3. The van der Waals surface area contributed by atoms with E-state index in [0.29, 0.717) is 15.4 Å². The molecule has 0 heterocycles. The van der Waals surface area contributed by atoms with Gasteiger partial charge in [0.2, 0.25) is 16.8 Å². The van der Waals surface area contributed by atoms with E-state index in [9.17, 15) is 19.7 Å². The van der Waals surface area contributed by atoms with Crippen LogP contribution in [0, 0.1) is 16.0 Å². The van der Waals surface area contributed by atoms with E-state index in [1.54, 1.807) is 78.9 Å². The molecule has 7 heteroatoms. The standard InChI is InChI=1S/C23H19NO4S2/c25-22(29-18-12-6-2-7-13-18)21(23(26)30-19-14-8-3-9-15-19)20(16-24(27)28)17-10-4-1-5-11-17/h1-15,20-21H,16H2/t20-/m1/s1. The Hall–Kier alpha value is -2.90. The van der Waals surface area contributed by atoms with Crippen molar-refractivity contribution >= 4 is 33.8 Å². The van der Waals surface area contributed by atoms with Gasteiger partial charge in [-0.3, -0.25) is 19.7 Å².